The van der Waals surface area contributed by atoms with Crippen LogP contribution in [-0.2, 0) is 5.88 Å². The van der Waals surface area contributed by atoms with Crippen molar-refractivity contribution in [1.29, 1.82) is 0 Å². The first-order valence-corrected chi connectivity index (χ1v) is 4.84. The lowest BCUT2D eigenvalue weighted by molar-refractivity contribution is 0.424. The van der Waals surface area contributed by atoms with Gasteiger partial charge in [0.25, 0.3) is 5.89 Å². The number of hydrogen-bond donors (Lipinski definition) is 0. The largest absolute Gasteiger partial charge is 0.333 e. The second-order valence-corrected chi connectivity index (χ2v) is 3.43. The van der Waals surface area contributed by atoms with Crippen LogP contribution in [0.15, 0.2) is 16.0 Å². The molecule has 6 heteroatoms. The second kappa shape index (κ2) is 3.43. The van der Waals surface area contributed by atoms with E-state index < -0.39 is 0 Å². The van der Waals surface area contributed by atoms with E-state index in [0.717, 1.165) is 0 Å². The summed E-state index contributed by atoms with van der Waals surface area (Å²) in [7, 11) is 0. The molecule has 2 aromatic rings. The number of aromatic nitrogens is 2. The van der Waals surface area contributed by atoms with Gasteiger partial charge in [-0.3, -0.25) is 0 Å². The minimum Gasteiger partial charge on any atom is -0.333 e. The summed E-state index contributed by atoms with van der Waals surface area (Å²) in [6.07, 6.45) is 0. The molecule has 2 rings (SSSR count). The monoisotopic (exact) mass is 218 g/mol. The molecule has 2 aromatic heterocycles. The van der Waals surface area contributed by atoms with E-state index in [0.29, 0.717) is 10.7 Å². The molecule has 0 fully saturated rings. The number of halogens is 2. The molecule has 0 radical (unpaired) electrons. The highest BCUT2D eigenvalue weighted by molar-refractivity contribution is 7.13. The summed E-state index contributed by atoms with van der Waals surface area (Å²) >= 11 is 6.68. The first-order valence-electron chi connectivity index (χ1n) is 3.43. The van der Waals surface area contributed by atoms with Gasteiger partial charge in [-0.2, -0.15) is 4.98 Å². The van der Waals surface area contributed by atoms with Crippen molar-refractivity contribution in [3.05, 3.63) is 23.1 Å². The standard InChI is InChI=1S/C7H4ClFN2OS/c8-3-5-10-7(12-11-5)6-4(9)1-2-13-6/h1-2H,3H2. The van der Waals surface area contributed by atoms with Crippen molar-refractivity contribution in [2.24, 2.45) is 0 Å². The molecule has 0 saturated carbocycles. The smallest absolute Gasteiger partial charge is 0.271 e. The molecule has 2 heterocycles. The van der Waals surface area contributed by atoms with E-state index >= 15 is 0 Å². The van der Waals surface area contributed by atoms with Crippen molar-refractivity contribution in [2.75, 3.05) is 0 Å². The summed E-state index contributed by atoms with van der Waals surface area (Å²) in [5.74, 6) is 0.360. The summed E-state index contributed by atoms with van der Waals surface area (Å²) < 4.78 is 17.8. The summed E-state index contributed by atoms with van der Waals surface area (Å²) in [6.45, 7) is 0. The van der Waals surface area contributed by atoms with Crippen molar-refractivity contribution in [3.8, 4) is 10.8 Å². The van der Waals surface area contributed by atoms with Crippen LogP contribution >= 0.6 is 22.9 Å². The SMILES string of the molecule is Fc1ccsc1-c1nc(CCl)no1. The normalized spacial score (nSPS) is 10.6. The molecule has 0 aliphatic carbocycles. The van der Waals surface area contributed by atoms with E-state index in [9.17, 15) is 4.39 Å². The minimum absolute atomic E-state index is 0.163. The van der Waals surface area contributed by atoms with Crippen molar-refractivity contribution < 1.29 is 8.91 Å². The van der Waals surface area contributed by atoms with Crippen LogP contribution in [0.1, 0.15) is 5.82 Å². The second-order valence-electron chi connectivity index (χ2n) is 2.25. The average Bonchev–Trinajstić information content (AvgIpc) is 2.71. The van der Waals surface area contributed by atoms with E-state index in [1.54, 1.807) is 5.38 Å². The van der Waals surface area contributed by atoms with E-state index in [2.05, 4.69) is 10.1 Å². The van der Waals surface area contributed by atoms with Crippen LogP contribution in [-0.4, -0.2) is 10.1 Å². The Kier molecular flexibility index (Phi) is 2.28. The summed E-state index contributed by atoms with van der Waals surface area (Å²) in [6, 6.07) is 1.35. The van der Waals surface area contributed by atoms with Gasteiger partial charge in [0.2, 0.25) is 0 Å². The average molecular weight is 219 g/mol. The molecule has 0 amide bonds. The zero-order valence-corrected chi connectivity index (χ0v) is 7.90. The molecule has 0 aliphatic heterocycles. The van der Waals surface area contributed by atoms with Gasteiger partial charge in [0.05, 0.1) is 5.88 Å². The highest BCUT2D eigenvalue weighted by Gasteiger charge is 2.13. The van der Waals surface area contributed by atoms with Crippen molar-refractivity contribution in [1.82, 2.24) is 10.1 Å². The molecular weight excluding hydrogens is 215 g/mol. The van der Waals surface area contributed by atoms with E-state index in [-0.39, 0.29) is 17.6 Å². The molecule has 0 spiro atoms. The van der Waals surface area contributed by atoms with Gasteiger partial charge < -0.3 is 4.52 Å². The number of thiophene rings is 1. The van der Waals surface area contributed by atoms with Crippen molar-refractivity contribution in [2.45, 2.75) is 5.88 Å². The number of rotatable bonds is 2. The maximum Gasteiger partial charge on any atom is 0.271 e. The summed E-state index contributed by atoms with van der Waals surface area (Å²) in [4.78, 5) is 4.24. The third-order valence-corrected chi connectivity index (χ3v) is 2.52. The summed E-state index contributed by atoms with van der Waals surface area (Å²) in [5, 5.41) is 5.17. The molecule has 0 saturated heterocycles. The molecule has 68 valence electrons. The molecule has 0 N–H and O–H groups in total. The first kappa shape index (κ1) is 8.65. The Morgan fingerprint density at radius 2 is 2.46 bits per heavy atom. The number of nitrogens with zero attached hydrogens (tertiary/aromatic N) is 2. The molecule has 0 atom stereocenters. The fourth-order valence-corrected chi connectivity index (χ4v) is 1.64. The van der Waals surface area contributed by atoms with Crippen LogP contribution in [0.3, 0.4) is 0 Å². The van der Waals surface area contributed by atoms with Gasteiger partial charge in [-0.15, -0.1) is 22.9 Å². The number of hydrogen-bond acceptors (Lipinski definition) is 4. The topological polar surface area (TPSA) is 38.9 Å². The van der Waals surface area contributed by atoms with E-state index in [4.69, 9.17) is 16.1 Å². The van der Waals surface area contributed by atoms with Gasteiger partial charge >= 0.3 is 0 Å². The van der Waals surface area contributed by atoms with Gasteiger partial charge in [0.1, 0.15) is 10.7 Å². The first-order chi connectivity index (χ1) is 6.31. The molecule has 0 bridgehead atoms. The maximum atomic E-state index is 13.0. The van der Waals surface area contributed by atoms with E-state index in [1.165, 1.54) is 17.4 Å². The van der Waals surface area contributed by atoms with Crippen LogP contribution in [0.25, 0.3) is 10.8 Å². The van der Waals surface area contributed by atoms with Crippen LogP contribution in [0.2, 0.25) is 0 Å². The molecule has 0 aliphatic rings. The van der Waals surface area contributed by atoms with Crippen molar-refractivity contribution in [3.63, 3.8) is 0 Å². The number of alkyl halides is 1. The zero-order chi connectivity index (χ0) is 9.26. The fourth-order valence-electron chi connectivity index (χ4n) is 0.847. The Bertz CT molecular complexity index is 414. The minimum atomic E-state index is -0.352. The van der Waals surface area contributed by atoms with Gasteiger partial charge in [-0.25, -0.2) is 4.39 Å². The van der Waals surface area contributed by atoms with Crippen molar-refractivity contribution >= 4 is 22.9 Å². The third kappa shape index (κ3) is 1.57. The maximum absolute atomic E-state index is 13.0. The highest BCUT2D eigenvalue weighted by Crippen LogP contribution is 2.26. The van der Waals surface area contributed by atoms with E-state index in [1.807, 2.05) is 0 Å². The quantitative estimate of drug-likeness (QED) is 0.728. The lowest BCUT2D eigenvalue weighted by Gasteiger charge is -1.85. The Morgan fingerprint density at radius 3 is 3.00 bits per heavy atom. The third-order valence-electron chi connectivity index (χ3n) is 1.40. The Balaban J connectivity index is 2.41. The van der Waals surface area contributed by atoms with Crippen LogP contribution in [0.4, 0.5) is 4.39 Å². The van der Waals surface area contributed by atoms with Gasteiger partial charge in [-0.1, -0.05) is 5.16 Å². The Hall–Kier alpha value is -0.940. The molecule has 0 unspecified atom stereocenters. The fraction of sp³-hybridized carbons (Fsp3) is 0.143. The highest BCUT2D eigenvalue weighted by atomic mass is 35.5. The Labute approximate surface area is 82.1 Å². The molecule has 13 heavy (non-hydrogen) atoms. The zero-order valence-electron chi connectivity index (χ0n) is 6.33. The lowest BCUT2D eigenvalue weighted by atomic mass is 10.4. The van der Waals surface area contributed by atoms with Gasteiger partial charge in [0.15, 0.2) is 5.82 Å². The van der Waals surface area contributed by atoms with Gasteiger partial charge in [-0.05, 0) is 11.4 Å². The summed E-state index contributed by atoms with van der Waals surface area (Å²) in [5.41, 5.74) is 0. The Morgan fingerprint density at radius 1 is 1.62 bits per heavy atom. The lowest BCUT2D eigenvalue weighted by Crippen LogP contribution is -1.80. The molecule has 3 nitrogen and oxygen atoms in total. The molecule has 0 aromatic carbocycles. The van der Waals surface area contributed by atoms with Crippen LogP contribution < -0.4 is 0 Å². The predicted molar refractivity (Wildman–Crippen MR) is 47.1 cm³/mol. The van der Waals surface area contributed by atoms with Crippen LogP contribution in [0.5, 0.6) is 0 Å². The van der Waals surface area contributed by atoms with Gasteiger partial charge in [0, 0.05) is 0 Å². The molecular formula is C7H4ClFN2OS. The predicted octanol–water partition coefficient (Wildman–Crippen LogP) is 2.68. The van der Waals surface area contributed by atoms with Crippen LogP contribution in [0, 0.1) is 5.82 Å².